The van der Waals surface area contributed by atoms with E-state index in [2.05, 4.69) is 34.1 Å². The van der Waals surface area contributed by atoms with E-state index >= 15 is 0 Å². The zero-order valence-electron chi connectivity index (χ0n) is 12.7. The number of rotatable bonds is 2. The topological polar surface area (TPSA) is 62.7 Å². The number of fused-ring (bicyclic) bond motifs is 2. The van der Waals surface area contributed by atoms with Crippen molar-refractivity contribution in [2.75, 3.05) is 18.0 Å². The summed E-state index contributed by atoms with van der Waals surface area (Å²) in [5.74, 6) is -0.117. The quantitative estimate of drug-likeness (QED) is 0.924. The van der Waals surface area contributed by atoms with Gasteiger partial charge in [-0.15, -0.1) is 0 Å². The smallest absolute Gasteiger partial charge is 0.337 e. The summed E-state index contributed by atoms with van der Waals surface area (Å²) in [6, 6.07) is 11.8. The zero-order chi connectivity index (χ0) is 15.9. The van der Waals surface area contributed by atoms with Crippen LogP contribution in [-0.4, -0.2) is 29.1 Å². The molecule has 2 aromatic rings. The Hall–Kier alpha value is -2.40. The van der Waals surface area contributed by atoms with Gasteiger partial charge in [0.2, 0.25) is 0 Å². The van der Waals surface area contributed by atoms with Crippen LogP contribution in [-0.2, 0) is 16.9 Å². The highest BCUT2D eigenvalue weighted by atomic mass is 16.5. The molecule has 0 unspecified atom stereocenters. The van der Waals surface area contributed by atoms with Gasteiger partial charge in [-0.2, -0.15) is 0 Å². The molecule has 1 aromatic carbocycles. The molecule has 4 rings (SSSR count). The molecular formula is C18H18N2O3. The fourth-order valence-electron chi connectivity index (χ4n) is 3.59. The van der Waals surface area contributed by atoms with Crippen LogP contribution in [0.25, 0.3) is 0 Å². The number of nitrogens with zero attached hydrogens (tertiary/aromatic N) is 2. The summed E-state index contributed by atoms with van der Waals surface area (Å²) >= 11 is 0. The fourth-order valence-corrected chi connectivity index (χ4v) is 3.59. The van der Waals surface area contributed by atoms with E-state index in [1.165, 1.54) is 17.3 Å². The van der Waals surface area contributed by atoms with Gasteiger partial charge in [0.15, 0.2) is 0 Å². The minimum Gasteiger partial charge on any atom is -0.478 e. The van der Waals surface area contributed by atoms with E-state index in [4.69, 9.17) is 9.84 Å². The van der Waals surface area contributed by atoms with Crippen molar-refractivity contribution >= 4 is 11.8 Å². The molecule has 2 aliphatic heterocycles. The van der Waals surface area contributed by atoms with E-state index in [0.717, 1.165) is 31.7 Å². The van der Waals surface area contributed by atoms with Crippen LogP contribution < -0.4 is 4.90 Å². The molecule has 5 heteroatoms. The number of piperidine rings is 1. The first-order chi connectivity index (χ1) is 11.2. The van der Waals surface area contributed by atoms with Crippen LogP contribution in [0.15, 0.2) is 42.6 Å². The number of hydrogen-bond acceptors (Lipinski definition) is 4. The van der Waals surface area contributed by atoms with Gasteiger partial charge in [0.1, 0.15) is 5.82 Å². The lowest BCUT2D eigenvalue weighted by molar-refractivity contribution is -0.0551. The molecule has 118 valence electrons. The predicted octanol–water partition coefficient (Wildman–Crippen LogP) is 2.81. The van der Waals surface area contributed by atoms with Crippen LogP contribution >= 0.6 is 0 Å². The Labute approximate surface area is 134 Å². The molecule has 0 aliphatic carbocycles. The molecular weight excluding hydrogens is 292 g/mol. The second-order valence-electron chi connectivity index (χ2n) is 6.14. The monoisotopic (exact) mass is 310 g/mol. The third-order valence-electron chi connectivity index (χ3n) is 4.90. The fraction of sp³-hybridized carbons (Fsp3) is 0.333. The summed E-state index contributed by atoms with van der Waals surface area (Å²) in [5, 5.41) is 8.95. The Balaban J connectivity index is 1.50. The Morgan fingerprint density at radius 1 is 1.17 bits per heavy atom. The normalized spacial score (nSPS) is 18.9. The molecule has 0 saturated carbocycles. The molecule has 5 nitrogen and oxygen atoms in total. The van der Waals surface area contributed by atoms with Gasteiger partial charge in [-0.1, -0.05) is 24.3 Å². The molecule has 2 aliphatic rings. The van der Waals surface area contributed by atoms with Crippen LogP contribution in [0.3, 0.4) is 0 Å². The van der Waals surface area contributed by atoms with Gasteiger partial charge in [-0.05, 0) is 36.1 Å². The lowest BCUT2D eigenvalue weighted by atomic mass is 9.84. The van der Waals surface area contributed by atoms with Gasteiger partial charge >= 0.3 is 5.97 Å². The number of benzene rings is 1. The maximum Gasteiger partial charge on any atom is 0.337 e. The van der Waals surface area contributed by atoms with E-state index in [-0.39, 0.29) is 11.2 Å². The van der Waals surface area contributed by atoms with Crippen molar-refractivity contribution in [3.05, 3.63) is 59.3 Å². The summed E-state index contributed by atoms with van der Waals surface area (Å²) in [6.45, 7) is 2.41. The van der Waals surface area contributed by atoms with Crippen LogP contribution in [0.2, 0.25) is 0 Å². The third-order valence-corrected chi connectivity index (χ3v) is 4.90. The van der Waals surface area contributed by atoms with E-state index in [0.29, 0.717) is 6.61 Å². The number of carbonyl (C=O) groups is 1. The van der Waals surface area contributed by atoms with Gasteiger partial charge in [-0.25, -0.2) is 9.78 Å². The SMILES string of the molecule is O=C(O)c1ccc(N2CCC3(CC2)OCc2ccccc23)nc1. The van der Waals surface area contributed by atoms with Gasteiger partial charge < -0.3 is 14.7 Å². The summed E-state index contributed by atoms with van der Waals surface area (Å²) in [6.07, 6.45) is 3.27. The van der Waals surface area contributed by atoms with Crippen molar-refractivity contribution in [2.24, 2.45) is 0 Å². The summed E-state index contributed by atoms with van der Waals surface area (Å²) in [5.41, 5.74) is 2.68. The van der Waals surface area contributed by atoms with Gasteiger partial charge in [0.25, 0.3) is 0 Å². The number of carboxylic acid groups (broad SMARTS) is 1. The number of aromatic nitrogens is 1. The van der Waals surface area contributed by atoms with Crippen molar-refractivity contribution in [2.45, 2.75) is 25.0 Å². The Kier molecular flexibility index (Phi) is 3.31. The van der Waals surface area contributed by atoms with E-state index < -0.39 is 5.97 Å². The zero-order valence-corrected chi connectivity index (χ0v) is 12.7. The minimum atomic E-state index is -0.947. The van der Waals surface area contributed by atoms with Crippen LogP contribution in [0.5, 0.6) is 0 Å². The molecule has 0 radical (unpaired) electrons. The summed E-state index contributed by atoms with van der Waals surface area (Å²) in [4.78, 5) is 17.4. The molecule has 1 saturated heterocycles. The lowest BCUT2D eigenvalue weighted by Crippen LogP contribution is -2.42. The highest BCUT2D eigenvalue weighted by Crippen LogP contribution is 2.44. The molecule has 23 heavy (non-hydrogen) atoms. The molecule has 0 amide bonds. The average Bonchev–Trinajstić information content (AvgIpc) is 2.95. The third kappa shape index (κ3) is 2.37. The molecule has 1 spiro atoms. The highest BCUT2D eigenvalue weighted by Gasteiger charge is 2.42. The van der Waals surface area contributed by atoms with Crippen molar-refractivity contribution in [1.29, 1.82) is 0 Å². The number of ether oxygens (including phenoxy) is 1. The standard InChI is InChI=1S/C18H18N2O3/c21-17(22)13-5-6-16(19-11-13)20-9-7-18(8-10-20)15-4-2-1-3-14(15)12-23-18/h1-6,11H,7-10,12H2,(H,21,22). The van der Waals surface area contributed by atoms with Crippen LogP contribution in [0.4, 0.5) is 5.82 Å². The van der Waals surface area contributed by atoms with Crippen LogP contribution in [0.1, 0.15) is 34.3 Å². The Morgan fingerprint density at radius 2 is 1.96 bits per heavy atom. The van der Waals surface area contributed by atoms with Gasteiger partial charge in [0, 0.05) is 19.3 Å². The molecule has 1 fully saturated rings. The second kappa shape index (κ2) is 5.35. The van der Waals surface area contributed by atoms with Crippen molar-refractivity contribution in [3.63, 3.8) is 0 Å². The molecule has 1 aromatic heterocycles. The van der Waals surface area contributed by atoms with Crippen molar-refractivity contribution < 1.29 is 14.6 Å². The molecule has 1 N–H and O–H groups in total. The van der Waals surface area contributed by atoms with Crippen molar-refractivity contribution in [3.8, 4) is 0 Å². The Morgan fingerprint density at radius 3 is 2.65 bits per heavy atom. The summed E-state index contributed by atoms with van der Waals surface area (Å²) < 4.78 is 6.16. The summed E-state index contributed by atoms with van der Waals surface area (Å²) in [7, 11) is 0. The number of pyridine rings is 1. The lowest BCUT2D eigenvalue weighted by Gasteiger charge is -2.39. The highest BCUT2D eigenvalue weighted by molar-refractivity contribution is 5.87. The van der Waals surface area contributed by atoms with Gasteiger partial charge in [-0.3, -0.25) is 0 Å². The number of carboxylic acids is 1. The van der Waals surface area contributed by atoms with E-state index in [9.17, 15) is 4.79 Å². The predicted molar refractivity (Wildman–Crippen MR) is 85.6 cm³/mol. The first-order valence-electron chi connectivity index (χ1n) is 7.85. The molecule has 0 bridgehead atoms. The maximum atomic E-state index is 10.9. The number of aromatic carboxylic acids is 1. The second-order valence-corrected chi connectivity index (χ2v) is 6.14. The number of hydrogen-bond donors (Lipinski definition) is 1. The minimum absolute atomic E-state index is 0.159. The largest absolute Gasteiger partial charge is 0.478 e. The van der Waals surface area contributed by atoms with Crippen LogP contribution in [0, 0.1) is 0 Å². The average molecular weight is 310 g/mol. The van der Waals surface area contributed by atoms with E-state index in [1.807, 2.05) is 0 Å². The molecule has 3 heterocycles. The molecule has 0 atom stereocenters. The van der Waals surface area contributed by atoms with Crippen molar-refractivity contribution in [1.82, 2.24) is 4.98 Å². The first kappa shape index (κ1) is 14.2. The van der Waals surface area contributed by atoms with Gasteiger partial charge in [0.05, 0.1) is 17.8 Å². The van der Waals surface area contributed by atoms with E-state index in [1.54, 1.807) is 12.1 Å². The maximum absolute atomic E-state index is 10.9. The first-order valence-corrected chi connectivity index (χ1v) is 7.85. The Bertz CT molecular complexity index is 734. The number of anilines is 1.